The number of fused-ring (bicyclic) bond motifs is 2. The predicted molar refractivity (Wildman–Crippen MR) is 107 cm³/mol. The summed E-state index contributed by atoms with van der Waals surface area (Å²) in [7, 11) is 0. The summed E-state index contributed by atoms with van der Waals surface area (Å²) in [6.07, 6.45) is -0.129. The van der Waals surface area contributed by atoms with Gasteiger partial charge in [-0.1, -0.05) is 35.3 Å². The minimum Gasteiger partial charge on any atom is -0.398 e. The number of hydrazine groups is 1. The number of nitrogens with one attached hydrogen (secondary N) is 2. The lowest BCUT2D eigenvalue weighted by Crippen LogP contribution is -2.54. The largest absolute Gasteiger partial charge is 0.398 e. The molecule has 7 nitrogen and oxygen atoms in total. The van der Waals surface area contributed by atoms with Crippen LogP contribution in [0.4, 0.5) is 5.69 Å². The fraction of sp³-hybridized carbons (Fsp3) is 0.158. The van der Waals surface area contributed by atoms with Crippen LogP contribution in [0.15, 0.2) is 54.0 Å². The third-order valence-electron chi connectivity index (χ3n) is 5.03. The highest BCUT2D eigenvalue weighted by Gasteiger charge is 2.54. The first kappa shape index (κ1) is 18.6. The number of carbonyl (C=O) groups excluding carboxylic acids is 2. The molecule has 2 aliphatic rings. The van der Waals surface area contributed by atoms with Crippen molar-refractivity contribution in [1.82, 2.24) is 10.3 Å². The van der Waals surface area contributed by atoms with Gasteiger partial charge in [0.2, 0.25) is 11.8 Å². The molecule has 2 aromatic rings. The van der Waals surface area contributed by atoms with Crippen LogP contribution in [0.1, 0.15) is 17.5 Å². The SMILES string of the molecule is NC1=C(N(N)Cc2ccc(Cl)cc2)NC(=O)C[C@]12C(=O)Nc1ccc(Cl)cc12. The van der Waals surface area contributed by atoms with Crippen LogP contribution in [0.2, 0.25) is 10.0 Å². The number of benzene rings is 2. The zero-order valence-corrected chi connectivity index (χ0v) is 16.1. The minimum absolute atomic E-state index is 0.129. The standard InChI is InChI=1S/C19H17Cl2N5O2/c20-11-3-1-10(2-4-11)9-26(23)17-16(22)19(8-15(27)25-17)13-7-12(21)5-6-14(13)24-18(19)28/h1-7H,8-9,22-23H2,(H,24,28)(H,25,27)/t19-/m1/s1. The van der Waals surface area contributed by atoms with Gasteiger partial charge in [0.25, 0.3) is 0 Å². The second-order valence-corrected chi connectivity index (χ2v) is 7.66. The Labute approximate surface area is 171 Å². The normalized spacial score (nSPS) is 20.8. The van der Waals surface area contributed by atoms with E-state index in [1.807, 2.05) is 12.1 Å². The zero-order valence-electron chi connectivity index (χ0n) is 14.6. The minimum atomic E-state index is -1.35. The fourth-order valence-corrected chi connectivity index (χ4v) is 3.94. The molecular formula is C19H17Cl2N5O2. The molecule has 0 radical (unpaired) electrons. The molecule has 0 unspecified atom stereocenters. The Morgan fingerprint density at radius 3 is 2.43 bits per heavy atom. The number of hydrogen-bond donors (Lipinski definition) is 4. The molecule has 0 bridgehead atoms. The summed E-state index contributed by atoms with van der Waals surface area (Å²) < 4.78 is 0. The van der Waals surface area contributed by atoms with Gasteiger partial charge in [0, 0.05) is 15.7 Å². The number of nitrogens with two attached hydrogens (primary N) is 2. The van der Waals surface area contributed by atoms with Crippen molar-refractivity contribution in [3.8, 4) is 0 Å². The van der Waals surface area contributed by atoms with Crippen LogP contribution in [0.3, 0.4) is 0 Å². The molecule has 0 saturated heterocycles. The van der Waals surface area contributed by atoms with Crippen LogP contribution in [-0.4, -0.2) is 16.8 Å². The summed E-state index contributed by atoms with van der Waals surface area (Å²) in [6.45, 7) is 0.258. The molecule has 2 aromatic carbocycles. The molecule has 0 aliphatic carbocycles. The summed E-state index contributed by atoms with van der Waals surface area (Å²) in [5.41, 5.74) is 7.25. The highest BCUT2D eigenvalue weighted by molar-refractivity contribution is 6.31. The first-order valence-electron chi connectivity index (χ1n) is 8.49. The van der Waals surface area contributed by atoms with Gasteiger partial charge >= 0.3 is 0 Å². The van der Waals surface area contributed by atoms with Crippen LogP contribution >= 0.6 is 23.2 Å². The molecule has 4 rings (SSSR count). The van der Waals surface area contributed by atoms with E-state index in [2.05, 4.69) is 10.6 Å². The van der Waals surface area contributed by atoms with E-state index in [0.29, 0.717) is 21.3 Å². The van der Waals surface area contributed by atoms with Gasteiger partial charge in [-0.05, 0) is 41.5 Å². The van der Waals surface area contributed by atoms with Crippen molar-refractivity contribution >= 4 is 40.7 Å². The molecule has 0 fully saturated rings. The second kappa shape index (κ2) is 6.70. The summed E-state index contributed by atoms with van der Waals surface area (Å²) in [6, 6.07) is 12.1. The molecule has 6 N–H and O–H groups in total. The van der Waals surface area contributed by atoms with Gasteiger partial charge in [-0.2, -0.15) is 0 Å². The molecular weight excluding hydrogens is 401 g/mol. The Morgan fingerprint density at radius 2 is 1.71 bits per heavy atom. The number of rotatable bonds is 3. The molecule has 2 heterocycles. The first-order chi connectivity index (χ1) is 13.3. The zero-order chi connectivity index (χ0) is 20.1. The van der Waals surface area contributed by atoms with Gasteiger partial charge in [0.1, 0.15) is 11.2 Å². The van der Waals surface area contributed by atoms with E-state index in [4.69, 9.17) is 34.8 Å². The van der Waals surface area contributed by atoms with E-state index < -0.39 is 5.41 Å². The maximum absolute atomic E-state index is 12.9. The molecule has 2 amide bonds. The van der Waals surface area contributed by atoms with Gasteiger partial charge in [0.05, 0.1) is 18.7 Å². The average Bonchev–Trinajstić information content (AvgIpc) is 2.92. The van der Waals surface area contributed by atoms with Crippen LogP contribution < -0.4 is 22.2 Å². The van der Waals surface area contributed by atoms with Crippen molar-refractivity contribution in [2.24, 2.45) is 11.6 Å². The summed E-state index contributed by atoms with van der Waals surface area (Å²) in [5.74, 6) is 5.65. The van der Waals surface area contributed by atoms with Crippen molar-refractivity contribution in [3.05, 3.63) is 75.2 Å². The lowest BCUT2D eigenvalue weighted by atomic mass is 9.74. The van der Waals surface area contributed by atoms with E-state index in [1.165, 1.54) is 5.01 Å². The topological polar surface area (TPSA) is 113 Å². The maximum Gasteiger partial charge on any atom is 0.241 e. The highest BCUT2D eigenvalue weighted by Crippen LogP contribution is 2.47. The van der Waals surface area contributed by atoms with Crippen molar-refractivity contribution in [2.75, 3.05) is 5.32 Å². The van der Waals surface area contributed by atoms with Crippen molar-refractivity contribution in [1.29, 1.82) is 0 Å². The van der Waals surface area contributed by atoms with Crippen LogP contribution in [0.25, 0.3) is 0 Å². The number of nitrogens with zero attached hydrogens (tertiary/aromatic N) is 1. The summed E-state index contributed by atoms with van der Waals surface area (Å²) in [5, 5.41) is 7.84. The van der Waals surface area contributed by atoms with Crippen LogP contribution in [-0.2, 0) is 21.5 Å². The monoisotopic (exact) mass is 417 g/mol. The van der Waals surface area contributed by atoms with Crippen molar-refractivity contribution in [3.63, 3.8) is 0 Å². The summed E-state index contributed by atoms with van der Waals surface area (Å²) >= 11 is 12.0. The Morgan fingerprint density at radius 1 is 1.04 bits per heavy atom. The molecule has 2 aliphatic heterocycles. The molecule has 0 aromatic heterocycles. The quantitative estimate of drug-likeness (QED) is 0.451. The van der Waals surface area contributed by atoms with Crippen molar-refractivity contribution < 1.29 is 9.59 Å². The molecule has 144 valence electrons. The van der Waals surface area contributed by atoms with Crippen LogP contribution in [0, 0.1) is 0 Å². The van der Waals surface area contributed by atoms with Crippen molar-refractivity contribution in [2.45, 2.75) is 18.4 Å². The molecule has 0 saturated carbocycles. The average molecular weight is 418 g/mol. The summed E-state index contributed by atoms with van der Waals surface area (Å²) in [4.78, 5) is 25.4. The third kappa shape index (κ3) is 2.88. The number of amides is 2. The van der Waals surface area contributed by atoms with E-state index in [-0.39, 0.29) is 36.3 Å². The van der Waals surface area contributed by atoms with Gasteiger partial charge in [0.15, 0.2) is 0 Å². The number of hydrogen-bond acceptors (Lipinski definition) is 5. The van der Waals surface area contributed by atoms with Gasteiger partial charge < -0.3 is 16.4 Å². The van der Waals surface area contributed by atoms with Crippen LogP contribution in [0.5, 0.6) is 0 Å². The molecule has 9 heteroatoms. The Kier molecular flexibility index (Phi) is 4.45. The Balaban J connectivity index is 1.78. The van der Waals surface area contributed by atoms with E-state index in [9.17, 15) is 9.59 Å². The maximum atomic E-state index is 12.9. The highest BCUT2D eigenvalue weighted by atomic mass is 35.5. The predicted octanol–water partition coefficient (Wildman–Crippen LogP) is 2.21. The molecule has 1 spiro atoms. The lowest BCUT2D eigenvalue weighted by molar-refractivity contribution is -0.128. The van der Waals surface area contributed by atoms with Gasteiger partial charge in [-0.25, -0.2) is 5.84 Å². The van der Waals surface area contributed by atoms with E-state index in [1.54, 1.807) is 30.3 Å². The number of carbonyl (C=O) groups is 2. The van der Waals surface area contributed by atoms with E-state index in [0.717, 1.165) is 5.56 Å². The Bertz CT molecular complexity index is 1020. The lowest BCUT2D eigenvalue weighted by Gasteiger charge is -2.36. The first-order valence-corrected chi connectivity index (χ1v) is 9.25. The van der Waals surface area contributed by atoms with Gasteiger partial charge in [-0.15, -0.1) is 0 Å². The smallest absolute Gasteiger partial charge is 0.241 e. The molecule has 1 atom stereocenters. The number of halogens is 2. The number of anilines is 1. The van der Waals surface area contributed by atoms with Gasteiger partial charge in [-0.3, -0.25) is 14.6 Å². The Hall–Kier alpha value is -2.74. The third-order valence-corrected chi connectivity index (χ3v) is 5.52. The second-order valence-electron chi connectivity index (χ2n) is 6.79. The fourth-order valence-electron chi connectivity index (χ4n) is 3.65. The molecule has 28 heavy (non-hydrogen) atoms. The van der Waals surface area contributed by atoms with E-state index >= 15 is 0 Å².